The van der Waals surface area contributed by atoms with Gasteiger partial charge in [0, 0.05) is 6.07 Å². The van der Waals surface area contributed by atoms with Crippen molar-refractivity contribution in [3.8, 4) is 11.5 Å². The van der Waals surface area contributed by atoms with Gasteiger partial charge in [-0.05, 0) is 88.2 Å². The Morgan fingerprint density at radius 1 is 1.07 bits per heavy atom. The summed E-state index contributed by atoms with van der Waals surface area (Å²) in [6, 6.07) is 11.1. The molecule has 1 aliphatic heterocycles. The minimum absolute atomic E-state index is 0.0737. The molecule has 13 heteroatoms. The number of carbonyl (C=O) groups excluding carboxylic acids is 3. The van der Waals surface area contributed by atoms with E-state index in [4.69, 9.17) is 32.7 Å². The van der Waals surface area contributed by atoms with Crippen molar-refractivity contribution in [3.63, 3.8) is 0 Å². The third kappa shape index (κ3) is 7.14. The van der Waals surface area contributed by atoms with E-state index in [1.165, 1.54) is 6.08 Å². The van der Waals surface area contributed by atoms with Crippen molar-refractivity contribution in [1.29, 1.82) is 0 Å². The van der Waals surface area contributed by atoms with E-state index in [0.717, 1.165) is 22.6 Å². The number of nitrogens with one attached hydrogen (secondary N) is 1. The van der Waals surface area contributed by atoms with Gasteiger partial charge >= 0.3 is 0 Å². The van der Waals surface area contributed by atoms with Crippen LogP contribution in [-0.2, 0) is 16.2 Å². The van der Waals surface area contributed by atoms with Gasteiger partial charge < -0.3 is 14.8 Å². The van der Waals surface area contributed by atoms with Gasteiger partial charge in [0.2, 0.25) is 5.91 Å². The third-order valence-corrected chi connectivity index (χ3v) is 7.61. The van der Waals surface area contributed by atoms with Crippen LogP contribution in [0, 0.1) is 11.6 Å². The average molecular weight is 672 g/mol. The first-order valence-electron chi connectivity index (χ1n) is 11.6. The fourth-order valence-electron chi connectivity index (χ4n) is 3.57. The molecule has 0 aliphatic carbocycles. The molecule has 3 aromatic rings. The molecule has 4 rings (SSSR count). The first-order chi connectivity index (χ1) is 19.0. The number of ether oxygens (including phenoxy) is 2. The summed E-state index contributed by atoms with van der Waals surface area (Å²) < 4.78 is 39.2. The summed E-state index contributed by atoms with van der Waals surface area (Å²) in [5.41, 5.74) is 1.04. The van der Waals surface area contributed by atoms with E-state index in [1.54, 1.807) is 37.3 Å². The van der Waals surface area contributed by atoms with Gasteiger partial charge in [-0.1, -0.05) is 29.3 Å². The van der Waals surface area contributed by atoms with E-state index in [-0.39, 0.29) is 17.2 Å². The molecule has 0 radical (unpaired) electrons. The molecule has 208 valence electrons. The monoisotopic (exact) mass is 670 g/mol. The zero-order valence-electron chi connectivity index (χ0n) is 20.6. The standard InChI is InChI=1S/C27H19BrCl2F2N2O5S/c1-2-38-22-9-15(7-17(28)25(22)39-13-14-3-5-18(29)19(30)8-14)10-23-26(36)34(27(37)40-23)12-24(35)33-21-6-4-16(31)11-20(21)32/h3-11H,2,12-13H2,1H3,(H,33,35)/b23-10+. The minimum atomic E-state index is -0.984. The SMILES string of the molecule is CCOc1cc(/C=C2/SC(=O)N(CC(=O)Nc3ccc(F)cc3F)C2=O)cc(Br)c1OCc1ccc(Cl)c(Cl)c1. The zero-order valence-corrected chi connectivity index (χ0v) is 24.5. The van der Waals surface area contributed by atoms with Crippen LogP contribution < -0.4 is 14.8 Å². The third-order valence-electron chi connectivity index (χ3n) is 5.38. The molecule has 0 atom stereocenters. The number of anilines is 1. The number of nitrogens with zero attached hydrogens (tertiary/aromatic N) is 1. The molecule has 7 nitrogen and oxygen atoms in total. The maximum absolute atomic E-state index is 13.8. The molecule has 1 aliphatic rings. The lowest BCUT2D eigenvalue weighted by molar-refractivity contribution is -0.127. The summed E-state index contributed by atoms with van der Waals surface area (Å²) in [7, 11) is 0. The van der Waals surface area contributed by atoms with Gasteiger partial charge in [0.1, 0.15) is 24.8 Å². The molecule has 1 saturated heterocycles. The van der Waals surface area contributed by atoms with Crippen molar-refractivity contribution in [1.82, 2.24) is 4.90 Å². The Balaban J connectivity index is 1.49. The normalized spacial score (nSPS) is 14.2. The topological polar surface area (TPSA) is 84.9 Å². The number of carbonyl (C=O) groups is 3. The quantitative estimate of drug-likeness (QED) is 0.235. The van der Waals surface area contributed by atoms with Crippen LogP contribution in [-0.4, -0.2) is 35.1 Å². The van der Waals surface area contributed by atoms with Gasteiger partial charge in [0.25, 0.3) is 11.1 Å². The van der Waals surface area contributed by atoms with E-state index in [0.29, 0.717) is 56.0 Å². The van der Waals surface area contributed by atoms with Crippen molar-refractivity contribution in [2.75, 3.05) is 18.5 Å². The van der Waals surface area contributed by atoms with Gasteiger partial charge in [0.15, 0.2) is 11.5 Å². The lowest BCUT2D eigenvalue weighted by atomic mass is 10.1. The number of rotatable bonds is 9. The van der Waals surface area contributed by atoms with Crippen LogP contribution in [0.5, 0.6) is 11.5 Å². The van der Waals surface area contributed by atoms with Crippen molar-refractivity contribution in [2.45, 2.75) is 13.5 Å². The summed E-state index contributed by atoms with van der Waals surface area (Å²) in [5, 5.41) is 2.39. The van der Waals surface area contributed by atoms with E-state index in [2.05, 4.69) is 21.2 Å². The molecule has 0 unspecified atom stereocenters. The second kappa shape index (κ2) is 13.0. The number of thioether (sulfide) groups is 1. The fourth-order valence-corrected chi connectivity index (χ4v) is 5.30. The molecule has 0 spiro atoms. The van der Waals surface area contributed by atoms with Crippen LogP contribution in [0.25, 0.3) is 6.08 Å². The Hall–Kier alpha value is -3.12. The highest BCUT2D eigenvalue weighted by atomic mass is 79.9. The van der Waals surface area contributed by atoms with Gasteiger partial charge in [-0.2, -0.15) is 0 Å². The lowest BCUT2D eigenvalue weighted by Gasteiger charge is -2.15. The zero-order chi connectivity index (χ0) is 29.0. The molecule has 1 fully saturated rings. The van der Waals surface area contributed by atoms with Gasteiger partial charge in [0.05, 0.1) is 31.7 Å². The molecule has 40 heavy (non-hydrogen) atoms. The number of amides is 3. The van der Waals surface area contributed by atoms with E-state index in [9.17, 15) is 23.2 Å². The maximum atomic E-state index is 13.8. The number of halogens is 5. The molecular weight excluding hydrogens is 653 g/mol. The van der Waals surface area contributed by atoms with Crippen LogP contribution >= 0.6 is 50.9 Å². The Bertz CT molecular complexity index is 1540. The predicted molar refractivity (Wildman–Crippen MR) is 154 cm³/mol. The lowest BCUT2D eigenvalue weighted by Crippen LogP contribution is -2.36. The smallest absolute Gasteiger partial charge is 0.294 e. The Morgan fingerprint density at radius 3 is 2.55 bits per heavy atom. The van der Waals surface area contributed by atoms with Crippen LogP contribution in [0.3, 0.4) is 0 Å². The largest absolute Gasteiger partial charge is 0.490 e. The van der Waals surface area contributed by atoms with Crippen molar-refractivity contribution in [2.24, 2.45) is 0 Å². The maximum Gasteiger partial charge on any atom is 0.294 e. The van der Waals surface area contributed by atoms with Crippen LogP contribution in [0.1, 0.15) is 18.1 Å². The average Bonchev–Trinajstić information content (AvgIpc) is 3.14. The molecule has 3 amide bonds. The summed E-state index contributed by atoms with van der Waals surface area (Å²) in [6.45, 7) is 1.67. The van der Waals surface area contributed by atoms with Gasteiger partial charge in [-0.15, -0.1) is 0 Å². The molecule has 0 bridgehead atoms. The highest BCUT2D eigenvalue weighted by molar-refractivity contribution is 9.10. The molecule has 1 heterocycles. The highest BCUT2D eigenvalue weighted by Gasteiger charge is 2.36. The molecule has 1 N–H and O–H groups in total. The molecule has 0 aromatic heterocycles. The predicted octanol–water partition coefficient (Wildman–Crippen LogP) is 7.69. The Kier molecular flexibility index (Phi) is 9.72. The van der Waals surface area contributed by atoms with Gasteiger partial charge in [-0.25, -0.2) is 8.78 Å². The minimum Gasteiger partial charge on any atom is -0.490 e. The van der Waals surface area contributed by atoms with Crippen LogP contribution in [0.2, 0.25) is 10.0 Å². The van der Waals surface area contributed by atoms with E-state index >= 15 is 0 Å². The highest BCUT2D eigenvalue weighted by Crippen LogP contribution is 2.40. The van der Waals surface area contributed by atoms with Crippen molar-refractivity contribution >= 4 is 79.7 Å². The number of imide groups is 1. The summed E-state index contributed by atoms with van der Waals surface area (Å²) in [5.74, 6) is -2.50. The molecule has 0 saturated carbocycles. The first kappa shape index (κ1) is 29.9. The number of hydrogen-bond donors (Lipinski definition) is 1. The molecular formula is C27H19BrCl2F2N2O5S. The second-order valence-corrected chi connectivity index (χ2v) is 10.9. The van der Waals surface area contributed by atoms with Crippen molar-refractivity contribution in [3.05, 3.63) is 90.7 Å². The number of hydrogen-bond acceptors (Lipinski definition) is 6. The summed E-state index contributed by atoms with van der Waals surface area (Å²) in [6.07, 6.45) is 1.48. The Morgan fingerprint density at radius 2 is 1.85 bits per heavy atom. The molecule has 3 aromatic carbocycles. The fraction of sp³-hybridized carbons (Fsp3) is 0.148. The van der Waals surface area contributed by atoms with Gasteiger partial charge in [-0.3, -0.25) is 19.3 Å². The summed E-state index contributed by atoms with van der Waals surface area (Å²) in [4.78, 5) is 38.6. The van der Waals surface area contributed by atoms with Crippen LogP contribution in [0.4, 0.5) is 19.3 Å². The number of benzene rings is 3. The second-order valence-electron chi connectivity index (χ2n) is 8.24. The van der Waals surface area contributed by atoms with E-state index in [1.807, 2.05) is 0 Å². The first-order valence-corrected chi connectivity index (χ1v) is 14.0. The Labute approximate surface area is 250 Å². The van der Waals surface area contributed by atoms with E-state index < -0.39 is 35.2 Å². The van der Waals surface area contributed by atoms with Crippen molar-refractivity contribution < 1.29 is 32.6 Å². The summed E-state index contributed by atoms with van der Waals surface area (Å²) >= 11 is 16.2. The van der Waals surface area contributed by atoms with Crippen LogP contribution in [0.15, 0.2) is 57.9 Å².